The Kier molecular flexibility index (Phi) is 1.73. The number of para-hydroxylation sites is 2. The molecule has 0 fully saturated rings. The van der Waals surface area contributed by atoms with Crippen molar-refractivity contribution in [1.82, 2.24) is 0 Å². The van der Waals surface area contributed by atoms with E-state index in [1.165, 1.54) is 0 Å². The molecule has 0 spiro atoms. The summed E-state index contributed by atoms with van der Waals surface area (Å²) in [6.07, 6.45) is -0.116. The molecule has 1 aromatic rings. The highest BCUT2D eigenvalue weighted by molar-refractivity contribution is 6.13. The summed E-state index contributed by atoms with van der Waals surface area (Å²) >= 11 is 0. The molecule has 1 heterocycles. The first kappa shape index (κ1) is 7.79. The Morgan fingerprint density at radius 2 is 1.38 bits per heavy atom. The van der Waals surface area contributed by atoms with E-state index in [4.69, 9.17) is 0 Å². The van der Waals surface area contributed by atoms with Gasteiger partial charge in [-0.3, -0.25) is 9.59 Å². The van der Waals surface area contributed by atoms with Crippen molar-refractivity contribution < 1.29 is 9.59 Å². The Bertz CT molecular complexity index is 339. The number of anilines is 2. The second-order valence-corrected chi connectivity index (χ2v) is 2.82. The molecule has 0 aromatic heterocycles. The molecule has 2 amide bonds. The molecule has 4 nitrogen and oxygen atoms in total. The monoisotopic (exact) mass is 176 g/mol. The molecule has 0 unspecified atom stereocenters. The van der Waals surface area contributed by atoms with Gasteiger partial charge in [0.15, 0.2) is 0 Å². The number of amides is 2. The van der Waals surface area contributed by atoms with Gasteiger partial charge in [-0.15, -0.1) is 0 Å². The predicted octanol–water partition coefficient (Wildman–Crippen LogP) is 0.967. The molecule has 66 valence electrons. The fraction of sp³-hybridized carbons (Fsp3) is 0.111. The van der Waals surface area contributed by atoms with Crippen LogP contribution in [-0.4, -0.2) is 11.8 Å². The minimum Gasteiger partial charge on any atom is -0.324 e. The molecule has 1 aliphatic rings. The maximum Gasteiger partial charge on any atom is 0.233 e. The molecular formula is C9H8N2O2. The molecule has 0 bridgehead atoms. The van der Waals surface area contributed by atoms with Gasteiger partial charge in [0.2, 0.25) is 11.8 Å². The van der Waals surface area contributed by atoms with Crippen LogP contribution in [0.4, 0.5) is 11.4 Å². The molecule has 1 aromatic carbocycles. The summed E-state index contributed by atoms with van der Waals surface area (Å²) in [6, 6.07) is 7.10. The van der Waals surface area contributed by atoms with Crippen LogP contribution < -0.4 is 10.6 Å². The first-order valence-electron chi connectivity index (χ1n) is 3.94. The van der Waals surface area contributed by atoms with Crippen molar-refractivity contribution in [3.05, 3.63) is 24.3 Å². The standard InChI is InChI=1S/C9H8N2O2/c12-8-5-9(13)11-7-4-2-1-3-6(7)10-8/h1-4H,5H2,(H,10,12)(H,11,13). The van der Waals surface area contributed by atoms with Crippen molar-refractivity contribution in [2.45, 2.75) is 6.42 Å². The molecule has 2 rings (SSSR count). The lowest BCUT2D eigenvalue weighted by Gasteiger charge is -2.04. The molecule has 0 saturated carbocycles. The molecular weight excluding hydrogens is 168 g/mol. The van der Waals surface area contributed by atoms with Crippen molar-refractivity contribution in [1.29, 1.82) is 0 Å². The average molecular weight is 176 g/mol. The second kappa shape index (κ2) is 2.90. The van der Waals surface area contributed by atoms with E-state index in [2.05, 4.69) is 10.6 Å². The van der Waals surface area contributed by atoms with Crippen molar-refractivity contribution >= 4 is 23.2 Å². The van der Waals surface area contributed by atoms with E-state index in [0.29, 0.717) is 11.4 Å². The quantitative estimate of drug-likeness (QED) is 0.578. The number of hydrogen-bond donors (Lipinski definition) is 2. The molecule has 1 aliphatic heterocycles. The third-order valence-corrected chi connectivity index (χ3v) is 1.80. The third kappa shape index (κ3) is 1.51. The molecule has 4 heteroatoms. The lowest BCUT2D eigenvalue weighted by molar-refractivity contribution is -0.123. The number of fused-ring (bicyclic) bond motifs is 1. The zero-order chi connectivity index (χ0) is 9.26. The first-order chi connectivity index (χ1) is 6.25. The molecule has 13 heavy (non-hydrogen) atoms. The normalized spacial score (nSPS) is 15.4. The Morgan fingerprint density at radius 1 is 0.923 bits per heavy atom. The van der Waals surface area contributed by atoms with Gasteiger partial charge in [-0.1, -0.05) is 12.1 Å². The Morgan fingerprint density at radius 3 is 1.85 bits per heavy atom. The van der Waals surface area contributed by atoms with Gasteiger partial charge in [0.1, 0.15) is 6.42 Å². The van der Waals surface area contributed by atoms with Crippen LogP contribution in [0.2, 0.25) is 0 Å². The highest BCUT2D eigenvalue weighted by Gasteiger charge is 2.16. The SMILES string of the molecule is O=C1CC(=O)Nc2ccccc2N1. The van der Waals surface area contributed by atoms with E-state index in [-0.39, 0.29) is 18.2 Å². The highest BCUT2D eigenvalue weighted by Crippen LogP contribution is 2.23. The van der Waals surface area contributed by atoms with E-state index >= 15 is 0 Å². The van der Waals surface area contributed by atoms with Crippen LogP contribution in [0.1, 0.15) is 6.42 Å². The maximum atomic E-state index is 11.1. The van der Waals surface area contributed by atoms with E-state index in [1.54, 1.807) is 24.3 Å². The number of carbonyl (C=O) groups excluding carboxylic acids is 2. The summed E-state index contributed by atoms with van der Waals surface area (Å²) in [4.78, 5) is 22.2. The van der Waals surface area contributed by atoms with Crippen LogP contribution >= 0.6 is 0 Å². The summed E-state index contributed by atoms with van der Waals surface area (Å²) in [7, 11) is 0. The lowest BCUT2D eigenvalue weighted by Crippen LogP contribution is -2.16. The van der Waals surface area contributed by atoms with Crippen LogP contribution in [0.3, 0.4) is 0 Å². The largest absolute Gasteiger partial charge is 0.324 e. The minimum absolute atomic E-state index is 0.116. The number of rotatable bonds is 0. The Balaban J connectivity index is 2.43. The smallest absolute Gasteiger partial charge is 0.233 e. The van der Waals surface area contributed by atoms with E-state index in [1.807, 2.05) is 0 Å². The van der Waals surface area contributed by atoms with Gasteiger partial charge >= 0.3 is 0 Å². The van der Waals surface area contributed by atoms with Gasteiger partial charge in [0.05, 0.1) is 11.4 Å². The maximum absolute atomic E-state index is 11.1. The number of nitrogens with one attached hydrogen (secondary N) is 2. The van der Waals surface area contributed by atoms with Crippen molar-refractivity contribution in [2.75, 3.05) is 10.6 Å². The molecule has 0 radical (unpaired) electrons. The third-order valence-electron chi connectivity index (χ3n) is 1.80. The summed E-state index contributed by atoms with van der Waals surface area (Å²) in [5.74, 6) is -0.551. The molecule has 0 aliphatic carbocycles. The zero-order valence-electron chi connectivity index (χ0n) is 6.83. The van der Waals surface area contributed by atoms with E-state index < -0.39 is 0 Å². The average Bonchev–Trinajstić information content (AvgIpc) is 2.20. The fourth-order valence-electron chi connectivity index (χ4n) is 1.24. The van der Waals surface area contributed by atoms with Crippen LogP contribution in [0.15, 0.2) is 24.3 Å². The Labute approximate surface area is 74.9 Å². The molecule has 0 saturated heterocycles. The van der Waals surface area contributed by atoms with E-state index in [0.717, 1.165) is 0 Å². The van der Waals surface area contributed by atoms with Gasteiger partial charge < -0.3 is 10.6 Å². The van der Waals surface area contributed by atoms with Gasteiger partial charge in [-0.2, -0.15) is 0 Å². The van der Waals surface area contributed by atoms with Gasteiger partial charge in [-0.25, -0.2) is 0 Å². The van der Waals surface area contributed by atoms with Crippen LogP contribution in [-0.2, 0) is 9.59 Å². The predicted molar refractivity (Wildman–Crippen MR) is 48.3 cm³/mol. The molecule has 0 atom stereocenters. The summed E-state index contributed by atoms with van der Waals surface area (Å²) in [5, 5.41) is 5.26. The Hall–Kier alpha value is -1.84. The fourth-order valence-corrected chi connectivity index (χ4v) is 1.24. The summed E-state index contributed by atoms with van der Waals surface area (Å²) in [6.45, 7) is 0. The first-order valence-corrected chi connectivity index (χ1v) is 3.94. The lowest BCUT2D eigenvalue weighted by atomic mass is 10.2. The molecule has 2 N–H and O–H groups in total. The zero-order valence-corrected chi connectivity index (χ0v) is 6.83. The van der Waals surface area contributed by atoms with Crippen molar-refractivity contribution in [3.8, 4) is 0 Å². The number of hydrogen-bond acceptors (Lipinski definition) is 2. The summed E-state index contributed by atoms with van der Waals surface area (Å²) in [5.41, 5.74) is 1.30. The van der Waals surface area contributed by atoms with Gasteiger partial charge in [0, 0.05) is 0 Å². The highest BCUT2D eigenvalue weighted by atomic mass is 16.2. The minimum atomic E-state index is -0.276. The van der Waals surface area contributed by atoms with E-state index in [9.17, 15) is 9.59 Å². The van der Waals surface area contributed by atoms with Crippen LogP contribution in [0, 0.1) is 0 Å². The topological polar surface area (TPSA) is 58.2 Å². The summed E-state index contributed by atoms with van der Waals surface area (Å²) < 4.78 is 0. The van der Waals surface area contributed by atoms with Crippen molar-refractivity contribution in [2.24, 2.45) is 0 Å². The van der Waals surface area contributed by atoms with Crippen molar-refractivity contribution in [3.63, 3.8) is 0 Å². The second-order valence-electron chi connectivity index (χ2n) is 2.82. The number of benzene rings is 1. The number of carbonyl (C=O) groups is 2. The van der Waals surface area contributed by atoms with Crippen LogP contribution in [0.25, 0.3) is 0 Å². The van der Waals surface area contributed by atoms with Crippen LogP contribution in [0.5, 0.6) is 0 Å². The van der Waals surface area contributed by atoms with Gasteiger partial charge in [0.25, 0.3) is 0 Å². The van der Waals surface area contributed by atoms with Gasteiger partial charge in [-0.05, 0) is 12.1 Å².